The molecule has 2 aromatic rings. The van der Waals surface area contributed by atoms with Crippen LogP contribution in [-0.4, -0.2) is 7.11 Å². The molecule has 3 rings (SSSR count). The van der Waals surface area contributed by atoms with Crippen molar-refractivity contribution in [1.29, 1.82) is 0 Å². The van der Waals surface area contributed by atoms with Crippen LogP contribution < -0.4 is 4.74 Å². The molecule has 1 atom stereocenters. The van der Waals surface area contributed by atoms with Crippen LogP contribution in [0.2, 0.25) is 0 Å². The summed E-state index contributed by atoms with van der Waals surface area (Å²) in [6.45, 7) is 0. The van der Waals surface area contributed by atoms with E-state index in [2.05, 4.69) is 0 Å². The van der Waals surface area contributed by atoms with Crippen molar-refractivity contribution in [3.8, 4) is 5.75 Å². The molecule has 2 aromatic carbocycles. The molecule has 96 valence electrons. The third kappa shape index (κ3) is 2.40. The van der Waals surface area contributed by atoms with E-state index in [0.29, 0.717) is 0 Å². The normalized spacial score (nSPS) is 17.3. The first-order chi connectivity index (χ1) is 9.36. The van der Waals surface area contributed by atoms with Crippen LogP contribution in [0.25, 0.3) is 5.76 Å². The average molecular weight is 254 g/mol. The predicted octanol–water partition coefficient (Wildman–Crippen LogP) is 3.74. The summed E-state index contributed by atoms with van der Waals surface area (Å²) in [6.07, 6.45) is 1.29. The van der Waals surface area contributed by atoms with Crippen molar-refractivity contribution in [2.24, 2.45) is 0 Å². The minimum atomic E-state index is -0.363. The zero-order valence-electron chi connectivity index (χ0n) is 10.6. The van der Waals surface area contributed by atoms with Crippen LogP contribution in [-0.2, 0) is 9.47 Å². The Kier molecular flexibility index (Phi) is 3.11. The summed E-state index contributed by atoms with van der Waals surface area (Å²) in [6, 6.07) is 17.6. The first-order valence-corrected chi connectivity index (χ1v) is 6.08. The lowest BCUT2D eigenvalue weighted by molar-refractivity contribution is -0.0170. The van der Waals surface area contributed by atoms with Crippen LogP contribution in [0.15, 0.2) is 60.9 Å². The summed E-state index contributed by atoms with van der Waals surface area (Å²) in [7, 11) is 1.65. The van der Waals surface area contributed by atoms with E-state index in [4.69, 9.17) is 14.2 Å². The molecule has 19 heavy (non-hydrogen) atoms. The Morgan fingerprint density at radius 2 is 1.68 bits per heavy atom. The molecule has 0 amide bonds. The first-order valence-electron chi connectivity index (χ1n) is 6.08. The molecule has 0 N–H and O–H groups in total. The molecule has 1 aliphatic heterocycles. The van der Waals surface area contributed by atoms with Crippen molar-refractivity contribution < 1.29 is 14.2 Å². The maximum atomic E-state index is 5.81. The molecular weight excluding hydrogens is 240 g/mol. The van der Waals surface area contributed by atoms with Crippen molar-refractivity contribution in [3.05, 3.63) is 72.0 Å². The molecule has 0 bridgehead atoms. The number of ether oxygens (including phenoxy) is 3. The van der Waals surface area contributed by atoms with Crippen LogP contribution in [0.1, 0.15) is 17.4 Å². The van der Waals surface area contributed by atoms with E-state index in [1.165, 1.54) is 0 Å². The van der Waals surface area contributed by atoms with E-state index in [1.807, 2.05) is 54.6 Å². The molecule has 1 aliphatic rings. The molecule has 3 nitrogen and oxygen atoms in total. The molecule has 3 heteroatoms. The molecule has 1 heterocycles. The number of rotatable bonds is 3. The standard InChI is InChI=1S/C16H14O3/c1-17-14-9-7-12(8-10-14)15-11-18-16(19-15)13-5-3-2-4-6-13/h2-11,16H,1H3. The second kappa shape index (κ2) is 5.06. The van der Waals surface area contributed by atoms with Crippen molar-refractivity contribution >= 4 is 5.76 Å². The second-order valence-corrected chi connectivity index (χ2v) is 4.21. The number of hydrogen-bond donors (Lipinski definition) is 0. The van der Waals surface area contributed by atoms with E-state index in [9.17, 15) is 0 Å². The highest BCUT2D eigenvalue weighted by atomic mass is 16.7. The van der Waals surface area contributed by atoms with Crippen molar-refractivity contribution in [1.82, 2.24) is 0 Å². The SMILES string of the molecule is COc1ccc(C2=COC(c3ccccc3)O2)cc1. The maximum Gasteiger partial charge on any atom is 0.267 e. The molecule has 0 saturated carbocycles. The fourth-order valence-corrected chi connectivity index (χ4v) is 1.94. The highest BCUT2D eigenvalue weighted by Gasteiger charge is 2.22. The molecule has 0 saturated heterocycles. The minimum absolute atomic E-state index is 0.363. The Morgan fingerprint density at radius 1 is 0.947 bits per heavy atom. The lowest BCUT2D eigenvalue weighted by atomic mass is 10.2. The first kappa shape index (κ1) is 11.7. The summed E-state index contributed by atoms with van der Waals surface area (Å²) in [5, 5.41) is 0. The fourth-order valence-electron chi connectivity index (χ4n) is 1.94. The van der Waals surface area contributed by atoms with Gasteiger partial charge < -0.3 is 14.2 Å². The van der Waals surface area contributed by atoms with Gasteiger partial charge in [0.25, 0.3) is 6.29 Å². The Hall–Kier alpha value is -2.42. The van der Waals surface area contributed by atoms with E-state index >= 15 is 0 Å². The number of benzene rings is 2. The summed E-state index contributed by atoms with van der Waals surface area (Å²) in [5.41, 5.74) is 1.97. The van der Waals surface area contributed by atoms with Crippen LogP contribution in [0.4, 0.5) is 0 Å². The summed E-state index contributed by atoms with van der Waals surface area (Å²) in [4.78, 5) is 0. The third-order valence-electron chi connectivity index (χ3n) is 2.98. The predicted molar refractivity (Wildman–Crippen MR) is 72.3 cm³/mol. The van der Waals surface area contributed by atoms with Gasteiger partial charge in [-0.2, -0.15) is 0 Å². The Labute approximate surface area is 112 Å². The fraction of sp³-hybridized carbons (Fsp3) is 0.125. The summed E-state index contributed by atoms with van der Waals surface area (Å²) >= 11 is 0. The van der Waals surface area contributed by atoms with Crippen LogP contribution in [0, 0.1) is 0 Å². The molecule has 0 spiro atoms. The van der Waals surface area contributed by atoms with E-state index < -0.39 is 0 Å². The van der Waals surface area contributed by atoms with Crippen LogP contribution in [0.3, 0.4) is 0 Å². The van der Waals surface area contributed by atoms with E-state index in [1.54, 1.807) is 13.4 Å². The van der Waals surface area contributed by atoms with Gasteiger partial charge in [0.05, 0.1) is 7.11 Å². The molecule has 0 radical (unpaired) electrons. The van der Waals surface area contributed by atoms with Gasteiger partial charge in [-0.05, 0) is 24.3 Å². The molecule has 0 aliphatic carbocycles. The zero-order chi connectivity index (χ0) is 13.1. The van der Waals surface area contributed by atoms with Crippen molar-refractivity contribution in [2.75, 3.05) is 7.11 Å². The highest BCUT2D eigenvalue weighted by Crippen LogP contribution is 2.33. The summed E-state index contributed by atoms with van der Waals surface area (Å²) < 4.78 is 16.5. The van der Waals surface area contributed by atoms with Crippen molar-refractivity contribution in [3.63, 3.8) is 0 Å². The average Bonchev–Trinajstić information content (AvgIpc) is 2.98. The lowest BCUT2D eigenvalue weighted by Crippen LogP contribution is -1.98. The number of hydrogen-bond acceptors (Lipinski definition) is 3. The molecule has 0 aromatic heterocycles. The van der Waals surface area contributed by atoms with Gasteiger partial charge in [-0.25, -0.2) is 0 Å². The molecule has 1 unspecified atom stereocenters. The maximum absolute atomic E-state index is 5.81. The van der Waals surface area contributed by atoms with Gasteiger partial charge >= 0.3 is 0 Å². The molecular formula is C16H14O3. The Balaban J connectivity index is 1.74. The quantitative estimate of drug-likeness (QED) is 0.835. The van der Waals surface area contributed by atoms with Gasteiger partial charge in [-0.15, -0.1) is 0 Å². The van der Waals surface area contributed by atoms with E-state index in [-0.39, 0.29) is 6.29 Å². The number of methoxy groups -OCH3 is 1. The van der Waals surface area contributed by atoms with Gasteiger partial charge in [-0.3, -0.25) is 0 Å². The molecule has 0 fully saturated rings. The second-order valence-electron chi connectivity index (χ2n) is 4.21. The highest BCUT2D eigenvalue weighted by molar-refractivity contribution is 5.60. The van der Waals surface area contributed by atoms with Gasteiger partial charge in [0.15, 0.2) is 5.76 Å². The zero-order valence-corrected chi connectivity index (χ0v) is 10.6. The monoisotopic (exact) mass is 254 g/mol. The van der Waals surface area contributed by atoms with Crippen LogP contribution >= 0.6 is 0 Å². The largest absolute Gasteiger partial charge is 0.497 e. The topological polar surface area (TPSA) is 27.7 Å². The van der Waals surface area contributed by atoms with Gasteiger partial charge in [-0.1, -0.05) is 30.3 Å². The Bertz CT molecular complexity index is 573. The third-order valence-corrected chi connectivity index (χ3v) is 2.98. The summed E-state index contributed by atoms with van der Waals surface area (Å²) in [5.74, 6) is 1.55. The van der Waals surface area contributed by atoms with Gasteiger partial charge in [0.2, 0.25) is 0 Å². The van der Waals surface area contributed by atoms with Crippen molar-refractivity contribution in [2.45, 2.75) is 6.29 Å². The lowest BCUT2D eigenvalue weighted by Gasteiger charge is -2.12. The smallest absolute Gasteiger partial charge is 0.267 e. The van der Waals surface area contributed by atoms with Gasteiger partial charge in [0, 0.05) is 11.1 Å². The minimum Gasteiger partial charge on any atom is -0.497 e. The van der Waals surface area contributed by atoms with Gasteiger partial charge in [0.1, 0.15) is 12.0 Å². The van der Waals surface area contributed by atoms with E-state index in [0.717, 1.165) is 22.6 Å². The Morgan fingerprint density at radius 3 is 2.37 bits per heavy atom. The van der Waals surface area contributed by atoms with Crippen LogP contribution in [0.5, 0.6) is 5.75 Å².